The van der Waals surface area contributed by atoms with Crippen LogP contribution in [-0.2, 0) is 0 Å². The molecule has 2 saturated heterocycles. The van der Waals surface area contributed by atoms with E-state index in [0.717, 1.165) is 18.4 Å². The summed E-state index contributed by atoms with van der Waals surface area (Å²) in [4.78, 5) is 4.60. The first-order chi connectivity index (χ1) is 11.7. The highest BCUT2D eigenvalue weighted by Crippen LogP contribution is 2.31. The van der Waals surface area contributed by atoms with Crippen molar-refractivity contribution in [2.75, 3.05) is 0 Å². The fourth-order valence-electron chi connectivity index (χ4n) is 3.75. The highest BCUT2D eigenvalue weighted by atomic mass is 35.5. The largest absolute Gasteiger partial charge is 0.474 e. The fourth-order valence-corrected chi connectivity index (χ4v) is 3.94. The van der Waals surface area contributed by atoms with Gasteiger partial charge in [-0.05, 0) is 37.8 Å². The van der Waals surface area contributed by atoms with Gasteiger partial charge in [0, 0.05) is 28.7 Å². The van der Waals surface area contributed by atoms with Gasteiger partial charge < -0.3 is 10.1 Å². The Morgan fingerprint density at radius 3 is 2.67 bits per heavy atom. The first kappa shape index (κ1) is 15.4. The molecule has 4 rings (SSSR count). The summed E-state index contributed by atoms with van der Waals surface area (Å²) in [6, 6.07) is 14.3. The summed E-state index contributed by atoms with van der Waals surface area (Å²) in [5, 5.41) is 13.5. The van der Waals surface area contributed by atoms with E-state index in [1.165, 1.54) is 12.8 Å². The highest BCUT2D eigenvalue weighted by Gasteiger charge is 2.34. The van der Waals surface area contributed by atoms with Gasteiger partial charge in [0.05, 0.1) is 17.3 Å². The molecule has 1 N–H and O–H groups in total. The number of nitrogens with zero attached hydrogens (tertiary/aromatic N) is 2. The van der Waals surface area contributed by atoms with Crippen molar-refractivity contribution in [3.8, 4) is 23.2 Å². The van der Waals surface area contributed by atoms with Crippen LogP contribution >= 0.6 is 11.6 Å². The lowest BCUT2D eigenvalue weighted by Gasteiger charge is -2.29. The van der Waals surface area contributed by atoms with Crippen molar-refractivity contribution in [3.05, 3.63) is 47.0 Å². The molecule has 0 radical (unpaired) electrons. The van der Waals surface area contributed by atoms with Crippen LogP contribution in [-0.4, -0.2) is 23.2 Å². The molecule has 2 aliphatic rings. The average Bonchev–Trinajstić information content (AvgIpc) is 2.93. The third kappa shape index (κ3) is 3.10. The highest BCUT2D eigenvalue weighted by molar-refractivity contribution is 6.30. The predicted octanol–water partition coefficient (Wildman–Crippen LogP) is 3.94. The van der Waals surface area contributed by atoms with E-state index in [9.17, 15) is 5.26 Å². The van der Waals surface area contributed by atoms with Gasteiger partial charge in [-0.2, -0.15) is 5.26 Å². The van der Waals surface area contributed by atoms with Gasteiger partial charge in [-0.15, -0.1) is 0 Å². The van der Waals surface area contributed by atoms with Crippen molar-refractivity contribution in [1.82, 2.24) is 10.3 Å². The molecule has 0 saturated carbocycles. The summed E-state index contributed by atoms with van der Waals surface area (Å²) in [5.41, 5.74) is 2.03. The van der Waals surface area contributed by atoms with E-state index in [4.69, 9.17) is 16.3 Å². The number of pyridine rings is 1. The maximum Gasteiger partial charge on any atom is 0.215 e. The molecule has 24 heavy (non-hydrogen) atoms. The van der Waals surface area contributed by atoms with Gasteiger partial charge in [-0.25, -0.2) is 4.98 Å². The van der Waals surface area contributed by atoms with E-state index < -0.39 is 0 Å². The zero-order valence-electron chi connectivity index (χ0n) is 13.2. The summed E-state index contributed by atoms with van der Waals surface area (Å²) in [5.74, 6) is 0.538. The number of nitriles is 1. The van der Waals surface area contributed by atoms with Crippen molar-refractivity contribution in [1.29, 1.82) is 5.26 Å². The Balaban J connectivity index is 1.61. The molecule has 0 spiro atoms. The molecule has 3 atom stereocenters. The van der Waals surface area contributed by atoms with Crippen LogP contribution in [0.5, 0.6) is 5.88 Å². The Morgan fingerprint density at radius 1 is 1.17 bits per heavy atom. The fraction of sp³-hybridized carbons (Fsp3) is 0.368. The van der Waals surface area contributed by atoms with Crippen LogP contribution in [0.4, 0.5) is 0 Å². The molecule has 3 heterocycles. The minimum Gasteiger partial charge on any atom is -0.474 e. The molecular weight excluding hydrogens is 322 g/mol. The third-order valence-corrected chi connectivity index (χ3v) is 5.03. The predicted molar refractivity (Wildman–Crippen MR) is 93.0 cm³/mol. The molecule has 2 aliphatic heterocycles. The lowest BCUT2D eigenvalue weighted by Crippen LogP contribution is -2.42. The maximum absolute atomic E-state index is 9.30. The molecule has 2 bridgehead atoms. The van der Waals surface area contributed by atoms with Gasteiger partial charge in [0.25, 0.3) is 0 Å². The first-order valence-electron chi connectivity index (χ1n) is 8.31. The quantitative estimate of drug-likeness (QED) is 0.920. The van der Waals surface area contributed by atoms with Crippen molar-refractivity contribution in [2.45, 2.75) is 43.9 Å². The number of benzene rings is 1. The Hall–Kier alpha value is -2.09. The molecule has 0 aliphatic carbocycles. The van der Waals surface area contributed by atoms with E-state index >= 15 is 0 Å². The van der Waals surface area contributed by atoms with Crippen LogP contribution < -0.4 is 10.1 Å². The number of ether oxygens (including phenoxy) is 1. The second kappa shape index (κ2) is 6.43. The second-order valence-corrected chi connectivity index (χ2v) is 6.95. The SMILES string of the molecule is N#Cc1ccccc1-c1cc(Cl)cc(O[C@@H]2C[C@H]3CC[C@@H](C2)N3)n1. The van der Waals surface area contributed by atoms with Gasteiger partial charge in [-0.3, -0.25) is 0 Å². The van der Waals surface area contributed by atoms with Crippen LogP contribution in [0.2, 0.25) is 5.02 Å². The zero-order chi connectivity index (χ0) is 16.5. The maximum atomic E-state index is 9.30. The molecule has 5 heteroatoms. The normalized spacial score (nSPS) is 25.2. The standard InChI is InChI=1S/C19H18ClN3O/c20-13-7-18(17-4-2-1-3-12(17)11-21)23-19(8-13)24-16-9-14-5-6-15(10-16)22-14/h1-4,7-8,14-16,22H,5-6,9-10H2/t14-,15+,16-. The molecule has 1 aromatic heterocycles. The molecule has 122 valence electrons. The van der Waals surface area contributed by atoms with E-state index in [1.807, 2.05) is 18.2 Å². The van der Waals surface area contributed by atoms with Gasteiger partial charge in [-0.1, -0.05) is 29.8 Å². The van der Waals surface area contributed by atoms with Crippen molar-refractivity contribution >= 4 is 11.6 Å². The van der Waals surface area contributed by atoms with E-state index in [1.54, 1.807) is 18.2 Å². The summed E-state index contributed by atoms with van der Waals surface area (Å²) in [6.07, 6.45) is 4.65. The minimum atomic E-state index is 0.175. The Morgan fingerprint density at radius 2 is 1.92 bits per heavy atom. The summed E-state index contributed by atoms with van der Waals surface area (Å²) in [6.45, 7) is 0. The zero-order valence-corrected chi connectivity index (χ0v) is 14.0. The van der Waals surface area contributed by atoms with Crippen LogP contribution in [0.15, 0.2) is 36.4 Å². The Bertz CT molecular complexity index is 789. The number of hydrogen-bond acceptors (Lipinski definition) is 4. The number of nitrogens with one attached hydrogen (secondary N) is 1. The van der Waals surface area contributed by atoms with E-state index in [2.05, 4.69) is 16.4 Å². The van der Waals surface area contributed by atoms with Crippen molar-refractivity contribution in [2.24, 2.45) is 0 Å². The van der Waals surface area contributed by atoms with Crippen LogP contribution in [0, 0.1) is 11.3 Å². The molecule has 4 nitrogen and oxygen atoms in total. The number of hydrogen-bond donors (Lipinski definition) is 1. The monoisotopic (exact) mass is 339 g/mol. The van der Waals surface area contributed by atoms with E-state index in [0.29, 0.717) is 34.2 Å². The topological polar surface area (TPSA) is 57.9 Å². The van der Waals surface area contributed by atoms with Gasteiger partial charge >= 0.3 is 0 Å². The number of rotatable bonds is 3. The molecular formula is C19H18ClN3O. The number of halogens is 1. The second-order valence-electron chi connectivity index (χ2n) is 6.52. The Kier molecular flexibility index (Phi) is 4.13. The summed E-state index contributed by atoms with van der Waals surface area (Å²) in [7, 11) is 0. The average molecular weight is 340 g/mol. The lowest BCUT2D eigenvalue weighted by atomic mass is 10.0. The smallest absolute Gasteiger partial charge is 0.215 e. The third-order valence-electron chi connectivity index (χ3n) is 4.81. The van der Waals surface area contributed by atoms with Crippen molar-refractivity contribution < 1.29 is 4.74 Å². The minimum absolute atomic E-state index is 0.175. The van der Waals surface area contributed by atoms with Crippen molar-refractivity contribution in [3.63, 3.8) is 0 Å². The lowest BCUT2D eigenvalue weighted by molar-refractivity contribution is 0.132. The number of fused-ring (bicyclic) bond motifs is 2. The first-order valence-corrected chi connectivity index (χ1v) is 8.69. The van der Waals surface area contributed by atoms with E-state index in [-0.39, 0.29) is 6.10 Å². The van der Waals surface area contributed by atoms with Gasteiger partial charge in [0.2, 0.25) is 5.88 Å². The Labute approximate surface area is 146 Å². The van der Waals surface area contributed by atoms with Crippen LogP contribution in [0.3, 0.4) is 0 Å². The van der Waals surface area contributed by atoms with Gasteiger partial charge in [0.1, 0.15) is 6.10 Å². The molecule has 0 amide bonds. The summed E-state index contributed by atoms with van der Waals surface area (Å²) < 4.78 is 6.13. The summed E-state index contributed by atoms with van der Waals surface area (Å²) >= 11 is 6.27. The molecule has 0 unspecified atom stereocenters. The molecule has 2 aromatic rings. The van der Waals surface area contributed by atoms with Crippen LogP contribution in [0.1, 0.15) is 31.2 Å². The number of aromatic nitrogens is 1. The molecule has 1 aromatic carbocycles. The van der Waals surface area contributed by atoms with Crippen LogP contribution in [0.25, 0.3) is 11.3 Å². The molecule has 2 fully saturated rings. The number of piperidine rings is 1. The van der Waals surface area contributed by atoms with Gasteiger partial charge in [0.15, 0.2) is 0 Å².